The average Bonchev–Trinajstić information content (AvgIpc) is 2.85. The van der Waals surface area contributed by atoms with E-state index in [0.717, 1.165) is 48.6 Å². The molecule has 11 heteroatoms. The quantitative estimate of drug-likeness (QED) is 0.0906. The van der Waals surface area contributed by atoms with E-state index in [1.165, 1.54) is 5.56 Å². The van der Waals surface area contributed by atoms with Crippen molar-refractivity contribution in [2.24, 2.45) is 16.5 Å². The molecule has 3 rings (SSSR count). The molecule has 0 fully saturated rings. The van der Waals surface area contributed by atoms with Crippen LogP contribution in [0.3, 0.4) is 0 Å². The summed E-state index contributed by atoms with van der Waals surface area (Å²) in [7, 11) is 0. The highest BCUT2D eigenvalue weighted by molar-refractivity contribution is 6.31. The molecule has 0 radical (unpaired) electrons. The molecule has 0 unspecified atom stereocenters. The van der Waals surface area contributed by atoms with Crippen LogP contribution in [0.1, 0.15) is 54.6 Å². The second kappa shape index (κ2) is 13.4. The van der Waals surface area contributed by atoms with E-state index in [-0.39, 0.29) is 40.6 Å². The predicted molar refractivity (Wildman–Crippen MR) is 149 cm³/mol. The molecule has 196 valence electrons. The number of nitrogens with one attached hydrogen (secondary N) is 1. The number of rotatable bonds is 14. The number of anilines is 2. The smallest absolute Gasteiger partial charge is 0.190 e. The van der Waals surface area contributed by atoms with Gasteiger partial charge in [-0.2, -0.15) is 0 Å². The normalized spacial score (nSPS) is 10.8. The number of halogens is 1. The number of ketones is 1. The van der Waals surface area contributed by atoms with Crippen molar-refractivity contribution >= 4 is 51.5 Å². The molecule has 0 aliphatic rings. The highest BCUT2D eigenvalue weighted by atomic mass is 35.5. The molecule has 3 aromatic rings. The van der Waals surface area contributed by atoms with Gasteiger partial charge in [-0.05, 0) is 54.2 Å². The first-order valence-electron chi connectivity index (χ1n) is 12.1. The maximum absolute atomic E-state index is 12.4. The number of aliphatic imine (C=N–C) groups is 1. The Labute approximate surface area is 221 Å². The van der Waals surface area contributed by atoms with Gasteiger partial charge in [0.25, 0.3) is 0 Å². The van der Waals surface area contributed by atoms with Crippen molar-refractivity contribution in [2.75, 3.05) is 24.6 Å². The minimum Gasteiger partial charge on any atom is -0.494 e. The zero-order chi connectivity index (χ0) is 26.8. The minimum absolute atomic E-state index is 0.0247. The van der Waals surface area contributed by atoms with Gasteiger partial charge < -0.3 is 33.1 Å². The van der Waals surface area contributed by atoms with Gasteiger partial charge in [-0.1, -0.05) is 42.3 Å². The number of aromatic nitrogens is 2. The Bertz CT molecular complexity index is 1290. The Morgan fingerprint density at radius 1 is 0.973 bits per heavy atom. The van der Waals surface area contributed by atoms with E-state index in [1.807, 2.05) is 12.1 Å². The number of Topliss-reactive ketones (excluding diaryl/α,β-unsaturated/α-hetero) is 1. The Hall–Kier alpha value is -3.92. The molecule has 1 aromatic heterocycles. The summed E-state index contributed by atoms with van der Waals surface area (Å²) >= 11 is 5.83. The molecule has 37 heavy (non-hydrogen) atoms. The highest BCUT2D eigenvalue weighted by Gasteiger charge is 2.17. The summed E-state index contributed by atoms with van der Waals surface area (Å²) in [4.78, 5) is 24.1. The van der Waals surface area contributed by atoms with Crippen molar-refractivity contribution in [3.63, 3.8) is 0 Å². The number of hydrogen-bond donors (Lipinski definition) is 5. The SMILES string of the molecule is N=C(CCCCCc1ccc2cc(OCCCN=C(N)N)ccc2c1)CC(=O)c1nc(Cl)c(N)nc1N. The third-order valence-electron chi connectivity index (χ3n) is 5.73. The lowest BCUT2D eigenvalue weighted by Gasteiger charge is -2.09. The summed E-state index contributed by atoms with van der Waals surface area (Å²) in [5, 5.41) is 10.3. The summed E-state index contributed by atoms with van der Waals surface area (Å²) in [5.41, 5.74) is 23.4. The number of carbonyl (C=O) groups is 1. The molecule has 10 nitrogen and oxygen atoms in total. The summed E-state index contributed by atoms with van der Waals surface area (Å²) in [5.74, 6) is 0.435. The summed E-state index contributed by atoms with van der Waals surface area (Å²) in [6.45, 7) is 1.09. The van der Waals surface area contributed by atoms with E-state index in [0.29, 0.717) is 25.3 Å². The number of nitrogen functional groups attached to an aromatic ring is 2. The number of nitrogens with two attached hydrogens (primary N) is 4. The van der Waals surface area contributed by atoms with Gasteiger partial charge in [0.15, 0.2) is 34.2 Å². The zero-order valence-electron chi connectivity index (χ0n) is 20.7. The fourth-order valence-corrected chi connectivity index (χ4v) is 3.97. The van der Waals surface area contributed by atoms with Crippen molar-refractivity contribution in [2.45, 2.75) is 44.9 Å². The van der Waals surface area contributed by atoms with Crippen molar-refractivity contribution in [1.29, 1.82) is 5.41 Å². The molecular formula is C26H33ClN8O2. The Kier molecular flexibility index (Phi) is 10.0. The number of hydrogen-bond acceptors (Lipinski definition) is 8. The molecule has 2 aromatic carbocycles. The van der Waals surface area contributed by atoms with Crippen LogP contribution in [0.2, 0.25) is 5.15 Å². The summed E-state index contributed by atoms with van der Waals surface area (Å²) < 4.78 is 5.79. The molecule has 0 saturated carbocycles. The average molecular weight is 525 g/mol. The fraction of sp³-hybridized carbons (Fsp3) is 0.346. The highest BCUT2D eigenvalue weighted by Crippen LogP contribution is 2.23. The third kappa shape index (κ3) is 8.60. The Morgan fingerprint density at radius 3 is 2.51 bits per heavy atom. The number of benzene rings is 2. The Balaban J connectivity index is 1.39. The van der Waals surface area contributed by atoms with Crippen LogP contribution in [-0.4, -0.2) is 40.6 Å². The Morgan fingerprint density at radius 2 is 1.73 bits per heavy atom. The lowest BCUT2D eigenvalue weighted by atomic mass is 10.0. The van der Waals surface area contributed by atoms with Crippen LogP contribution in [0.25, 0.3) is 10.8 Å². The predicted octanol–water partition coefficient (Wildman–Crippen LogP) is 3.89. The van der Waals surface area contributed by atoms with E-state index in [2.05, 4.69) is 39.2 Å². The number of guanidine groups is 1. The topological polar surface area (TPSA) is 192 Å². The van der Waals surface area contributed by atoms with E-state index in [9.17, 15) is 4.79 Å². The zero-order valence-corrected chi connectivity index (χ0v) is 21.4. The number of unbranched alkanes of at least 4 members (excludes halogenated alkanes) is 2. The van der Waals surface area contributed by atoms with Gasteiger partial charge in [0.2, 0.25) is 0 Å². The number of fused-ring (bicyclic) bond motifs is 1. The van der Waals surface area contributed by atoms with Crippen LogP contribution in [0.4, 0.5) is 11.6 Å². The molecule has 0 atom stereocenters. The summed E-state index contributed by atoms with van der Waals surface area (Å²) in [6.07, 6.45) is 4.94. The second-order valence-corrected chi connectivity index (χ2v) is 9.11. The first-order valence-corrected chi connectivity index (χ1v) is 12.5. The van der Waals surface area contributed by atoms with Crippen molar-refractivity contribution in [1.82, 2.24) is 9.97 Å². The standard InChI is InChI=1S/C26H33ClN8O2/c27-23-25(30)35-24(29)22(34-23)21(36)15-19(28)6-3-1-2-5-16-7-8-18-14-20(10-9-17(18)13-16)37-12-4-11-33-26(31)32/h7-10,13-14,28H,1-6,11-12,15H2,(H4,29,30,35)(H4,31,32,33). The number of carbonyl (C=O) groups excluding carboxylic acids is 1. The van der Waals surface area contributed by atoms with Gasteiger partial charge in [0, 0.05) is 18.7 Å². The maximum atomic E-state index is 12.4. The van der Waals surface area contributed by atoms with Crippen molar-refractivity contribution in [3.05, 3.63) is 52.8 Å². The van der Waals surface area contributed by atoms with Gasteiger partial charge in [0.05, 0.1) is 13.0 Å². The molecular weight excluding hydrogens is 492 g/mol. The maximum Gasteiger partial charge on any atom is 0.190 e. The van der Waals surface area contributed by atoms with Crippen molar-refractivity contribution in [3.8, 4) is 5.75 Å². The summed E-state index contributed by atoms with van der Waals surface area (Å²) in [6, 6.07) is 12.5. The van der Waals surface area contributed by atoms with Gasteiger partial charge in [-0.3, -0.25) is 9.79 Å². The monoisotopic (exact) mass is 524 g/mol. The van der Waals surface area contributed by atoms with Crippen LogP contribution < -0.4 is 27.7 Å². The van der Waals surface area contributed by atoms with Crippen molar-refractivity contribution < 1.29 is 9.53 Å². The third-order valence-corrected chi connectivity index (χ3v) is 6.01. The first kappa shape index (κ1) is 27.7. The number of ether oxygens (including phenoxy) is 1. The van der Waals surface area contributed by atoms with Crippen LogP contribution >= 0.6 is 11.6 Å². The fourth-order valence-electron chi connectivity index (χ4n) is 3.84. The molecule has 0 bridgehead atoms. The molecule has 0 aliphatic heterocycles. The molecule has 0 saturated heterocycles. The number of aryl methyl sites for hydroxylation is 1. The van der Waals surface area contributed by atoms with Gasteiger partial charge in [-0.15, -0.1) is 0 Å². The van der Waals surface area contributed by atoms with E-state index in [4.69, 9.17) is 44.7 Å². The van der Waals surface area contributed by atoms with Crippen LogP contribution in [0, 0.1) is 5.41 Å². The van der Waals surface area contributed by atoms with Crippen LogP contribution in [0.5, 0.6) is 5.75 Å². The number of nitrogens with zero attached hydrogens (tertiary/aromatic N) is 3. The van der Waals surface area contributed by atoms with Gasteiger partial charge in [0.1, 0.15) is 5.75 Å². The lowest BCUT2D eigenvalue weighted by molar-refractivity contribution is 0.0996. The van der Waals surface area contributed by atoms with E-state index < -0.39 is 0 Å². The van der Waals surface area contributed by atoms with Crippen LogP contribution in [-0.2, 0) is 6.42 Å². The van der Waals surface area contributed by atoms with Gasteiger partial charge in [-0.25, -0.2) is 9.97 Å². The van der Waals surface area contributed by atoms with Crippen LogP contribution in [0.15, 0.2) is 41.4 Å². The molecule has 9 N–H and O–H groups in total. The molecule has 0 amide bonds. The molecule has 0 spiro atoms. The largest absolute Gasteiger partial charge is 0.494 e. The first-order chi connectivity index (χ1) is 17.7. The van der Waals surface area contributed by atoms with E-state index in [1.54, 1.807) is 0 Å². The minimum atomic E-state index is -0.382. The second-order valence-electron chi connectivity index (χ2n) is 8.75. The lowest BCUT2D eigenvalue weighted by Crippen LogP contribution is -2.23. The van der Waals surface area contributed by atoms with E-state index >= 15 is 0 Å². The molecule has 1 heterocycles. The molecule has 0 aliphatic carbocycles. The van der Waals surface area contributed by atoms with Gasteiger partial charge >= 0.3 is 0 Å².